The van der Waals surface area contributed by atoms with Gasteiger partial charge in [0.15, 0.2) is 0 Å². The molecule has 1 heterocycles. The van der Waals surface area contributed by atoms with Crippen LogP contribution in [-0.4, -0.2) is 11.7 Å². The number of aryl methyl sites for hydroxylation is 2. The lowest BCUT2D eigenvalue weighted by Crippen LogP contribution is -2.07. The van der Waals surface area contributed by atoms with Crippen molar-refractivity contribution in [3.63, 3.8) is 0 Å². The Kier molecular flexibility index (Phi) is 2.56. The van der Waals surface area contributed by atoms with E-state index in [9.17, 15) is 13.2 Å². The van der Waals surface area contributed by atoms with Crippen LogP contribution in [0.3, 0.4) is 0 Å². The quantitative estimate of drug-likeness (QED) is 0.747. The number of hydrogen-bond acceptors (Lipinski definition) is 1. The number of halogens is 3. The van der Waals surface area contributed by atoms with Crippen molar-refractivity contribution in [1.29, 1.82) is 0 Å². The third-order valence-corrected chi connectivity index (χ3v) is 2.82. The van der Waals surface area contributed by atoms with Gasteiger partial charge in [0.2, 0.25) is 0 Å². The molecule has 0 saturated heterocycles. The van der Waals surface area contributed by atoms with Crippen LogP contribution in [0.15, 0.2) is 18.3 Å². The van der Waals surface area contributed by atoms with Crippen LogP contribution in [-0.2, 0) is 13.2 Å². The first-order chi connectivity index (χ1) is 7.84. The van der Waals surface area contributed by atoms with E-state index in [1.165, 1.54) is 13.2 Å². The summed E-state index contributed by atoms with van der Waals surface area (Å²) in [6.07, 6.45) is -2.61. The minimum absolute atomic E-state index is 0.140. The predicted molar refractivity (Wildman–Crippen MR) is 59.2 cm³/mol. The van der Waals surface area contributed by atoms with Gasteiger partial charge in [-0.3, -0.25) is 0 Å². The number of rotatable bonds is 1. The molecule has 0 unspecified atom stereocenters. The van der Waals surface area contributed by atoms with Crippen molar-refractivity contribution >= 4 is 10.9 Å². The lowest BCUT2D eigenvalue weighted by molar-refractivity contribution is -0.138. The first-order valence-corrected chi connectivity index (χ1v) is 5.05. The standard InChI is InChI=1S/C12H12F3NO/c1-7-6-16(2)10-5-9(12(13,14)15)11(17-3)4-8(7)10/h4-6H,1-3H3. The van der Waals surface area contributed by atoms with E-state index in [1.54, 1.807) is 17.8 Å². The normalized spacial score (nSPS) is 12.1. The minimum Gasteiger partial charge on any atom is -0.496 e. The zero-order valence-corrected chi connectivity index (χ0v) is 9.72. The summed E-state index contributed by atoms with van der Waals surface area (Å²) in [5.74, 6) is -0.140. The number of ether oxygens (including phenoxy) is 1. The number of hydrogen-bond donors (Lipinski definition) is 0. The van der Waals surface area contributed by atoms with Crippen LogP contribution < -0.4 is 4.74 Å². The SMILES string of the molecule is COc1cc2c(C)cn(C)c2cc1C(F)(F)F. The summed E-state index contributed by atoms with van der Waals surface area (Å²) in [6.45, 7) is 1.86. The molecule has 1 aromatic heterocycles. The van der Waals surface area contributed by atoms with Crippen LogP contribution in [0.5, 0.6) is 5.75 Å². The lowest BCUT2D eigenvalue weighted by Gasteiger charge is -2.12. The molecule has 0 saturated carbocycles. The molecule has 0 N–H and O–H groups in total. The van der Waals surface area contributed by atoms with Crippen molar-refractivity contribution in [2.75, 3.05) is 7.11 Å². The Labute approximate surface area is 96.6 Å². The van der Waals surface area contributed by atoms with Crippen molar-refractivity contribution in [3.8, 4) is 5.75 Å². The fourth-order valence-corrected chi connectivity index (χ4v) is 2.00. The van der Waals surface area contributed by atoms with Crippen molar-refractivity contribution in [1.82, 2.24) is 4.57 Å². The molecule has 2 aromatic rings. The summed E-state index contributed by atoms with van der Waals surface area (Å²) < 4.78 is 44.9. The average molecular weight is 243 g/mol. The summed E-state index contributed by atoms with van der Waals surface area (Å²) in [5, 5.41) is 0.775. The van der Waals surface area contributed by atoms with Gasteiger partial charge in [0, 0.05) is 24.1 Å². The van der Waals surface area contributed by atoms with Gasteiger partial charge >= 0.3 is 6.18 Å². The number of fused-ring (bicyclic) bond motifs is 1. The van der Waals surface area contributed by atoms with Gasteiger partial charge in [-0.15, -0.1) is 0 Å². The molecule has 0 radical (unpaired) electrons. The Morgan fingerprint density at radius 2 is 1.88 bits per heavy atom. The van der Waals surface area contributed by atoms with E-state index < -0.39 is 11.7 Å². The van der Waals surface area contributed by atoms with E-state index >= 15 is 0 Å². The Balaban J connectivity index is 2.81. The van der Waals surface area contributed by atoms with Gasteiger partial charge in [0.25, 0.3) is 0 Å². The lowest BCUT2D eigenvalue weighted by atomic mass is 10.1. The molecule has 1 aromatic carbocycles. The second kappa shape index (κ2) is 3.68. The molecular weight excluding hydrogens is 231 g/mol. The fourth-order valence-electron chi connectivity index (χ4n) is 2.00. The van der Waals surface area contributed by atoms with E-state index in [4.69, 9.17) is 4.74 Å². The number of methoxy groups -OCH3 is 1. The summed E-state index contributed by atoms with van der Waals surface area (Å²) in [5.41, 5.74) is 0.735. The van der Waals surface area contributed by atoms with E-state index in [-0.39, 0.29) is 5.75 Å². The van der Waals surface area contributed by atoms with E-state index in [0.29, 0.717) is 5.52 Å². The highest BCUT2D eigenvalue weighted by Crippen LogP contribution is 2.39. The van der Waals surface area contributed by atoms with Gasteiger partial charge in [0.05, 0.1) is 12.7 Å². The number of aromatic nitrogens is 1. The molecule has 0 amide bonds. The van der Waals surface area contributed by atoms with Crippen molar-refractivity contribution in [2.24, 2.45) is 7.05 Å². The molecule has 92 valence electrons. The highest BCUT2D eigenvalue weighted by Gasteiger charge is 2.35. The summed E-state index contributed by atoms with van der Waals surface area (Å²) in [7, 11) is 2.97. The third kappa shape index (κ3) is 1.85. The molecule has 5 heteroatoms. The molecule has 0 aliphatic rings. The van der Waals surface area contributed by atoms with Gasteiger partial charge in [0.1, 0.15) is 5.75 Å². The van der Waals surface area contributed by atoms with Gasteiger partial charge < -0.3 is 9.30 Å². The van der Waals surface area contributed by atoms with Crippen molar-refractivity contribution < 1.29 is 17.9 Å². The number of benzene rings is 1. The molecule has 0 spiro atoms. The number of nitrogens with zero attached hydrogens (tertiary/aromatic N) is 1. The van der Waals surface area contributed by atoms with Gasteiger partial charge in [-0.2, -0.15) is 13.2 Å². The monoisotopic (exact) mass is 243 g/mol. The molecule has 2 rings (SSSR count). The Hall–Kier alpha value is -1.65. The number of alkyl halides is 3. The Morgan fingerprint density at radius 3 is 2.41 bits per heavy atom. The molecule has 0 aliphatic heterocycles. The second-order valence-electron chi connectivity index (χ2n) is 3.99. The molecule has 0 fully saturated rings. The zero-order chi connectivity index (χ0) is 12.8. The molecule has 0 aliphatic carbocycles. The van der Waals surface area contributed by atoms with Gasteiger partial charge in [-0.1, -0.05) is 0 Å². The smallest absolute Gasteiger partial charge is 0.420 e. The zero-order valence-electron chi connectivity index (χ0n) is 9.72. The predicted octanol–water partition coefficient (Wildman–Crippen LogP) is 3.51. The molecule has 0 bridgehead atoms. The van der Waals surface area contributed by atoms with Crippen LogP contribution in [0.25, 0.3) is 10.9 Å². The first kappa shape index (κ1) is 11.8. The second-order valence-corrected chi connectivity index (χ2v) is 3.99. The Bertz CT molecular complexity index is 569. The van der Waals surface area contributed by atoms with Crippen LogP contribution >= 0.6 is 0 Å². The van der Waals surface area contributed by atoms with Crippen LogP contribution in [0.1, 0.15) is 11.1 Å². The fraction of sp³-hybridized carbons (Fsp3) is 0.333. The largest absolute Gasteiger partial charge is 0.496 e. The van der Waals surface area contributed by atoms with E-state index in [1.807, 2.05) is 6.92 Å². The van der Waals surface area contributed by atoms with Crippen molar-refractivity contribution in [2.45, 2.75) is 13.1 Å². The molecule has 2 nitrogen and oxygen atoms in total. The maximum Gasteiger partial charge on any atom is 0.420 e. The summed E-state index contributed by atoms with van der Waals surface area (Å²) in [6, 6.07) is 2.56. The summed E-state index contributed by atoms with van der Waals surface area (Å²) >= 11 is 0. The average Bonchev–Trinajstić information content (AvgIpc) is 2.51. The highest BCUT2D eigenvalue weighted by molar-refractivity contribution is 5.86. The maximum atomic E-state index is 12.8. The Morgan fingerprint density at radius 1 is 1.24 bits per heavy atom. The van der Waals surface area contributed by atoms with Gasteiger partial charge in [-0.05, 0) is 24.6 Å². The first-order valence-electron chi connectivity index (χ1n) is 5.05. The van der Waals surface area contributed by atoms with Gasteiger partial charge in [-0.25, -0.2) is 0 Å². The topological polar surface area (TPSA) is 14.2 Å². The van der Waals surface area contributed by atoms with E-state index in [0.717, 1.165) is 17.0 Å². The van der Waals surface area contributed by atoms with Crippen LogP contribution in [0.4, 0.5) is 13.2 Å². The van der Waals surface area contributed by atoms with Crippen LogP contribution in [0.2, 0.25) is 0 Å². The minimum atomic E-state index is -4.41. The molecular formula is C12H12F3NO. The molecule has 0 atom stereocenters. The summed E-state index contributed by atoms with van der Waals surface area (Å²) in [4.78, 5) is 0. The van der Waals surface area contributed by atoms with Crippen molar-refractivity contribution in [3.05, 3.63) is 29.5 Å². The molecule has 17 heavy (non-hydrogen) atoms. The van der Waals surface area contributed by atoms with E-state index in [2.05, 4.69) is 0 Å². The third-order valence-electron chi connectivity index (χ3n) is 2.82. The van der Waals surface area contributed by atoms with Crippen LogP contribution in [0, 0.1) is 6.92 Å². The highest BCUT2D eigenvalue weighted by atomic mass is 19.4. The maximum absolute atomic E-state index is 12.8.